The van der Waals surface area contributed by atoms with Crippen LogP contribution in [-0.2, 0) is 14.3 Å². The van der Waals surface area contributed by atoms with Crippen molar-refractivity contribution >= 4 is 34.5 Å². The lowest BCUT2D eigenvalue weighted by molar-refractivity contribution is -0.135. The highest BCUT2D eigenvalue weighted by Crippen LogP contribution is 2.30. The second kappa shape index (κ2) is 8.81. The van der Waals surface area contributed by atoms with E-state index in [1.54, 1.807) is 11.8 Å². The van der Waals surface area contributed by atoms with Gasteiger partial charge >= 0.3 is 5.97 Å². The van der Waals surface area contributed by atoms with Crippen molar-refractivity contribution in [1.82, 2.24) is 30.0 Å². The second-order valence-electron chi connectivity index (χ2n) is 7.42. The fourth-order valence-corrected chi connectivity index (χ4v) is 3.72. The number of Topliss-reactive ketones (excluding diaryl/α,β-unsaturated/α-hetero) is 1. The van der Waals surface area contributed by atoms with Gasteiger partial charge in [-0.25, -0.2) is 14.2 Å². The van der Waals surface area contributed by atoms with Crippen molar-refractivity contribution in [2.24, 2.45) is 0 Å². The predicted octanol–water partition coefficient (Wildman–Crippen LogP) is 1.14. The number of esters is 1. The average Bonchev–Trinajstić information content (AvgIpc) is 3.47. The quantitative estimate of drug-likeness (QED) is 0.333. The number of piperazine rings is 1. The molecule has 0 unspecified atom stereocenters. The third-order valence-electron chi connectivity index (χ3n) is 5.43. The molecule has 0 aliphatic carbocycles. The smallest absolute Gasteiger partial charge is 0.356 e. The third kappa shape index (κ3) is 4.06. The number of rotatable bonds is 5. The van der Waals surface area contributed by atoms with Gasteiger partial charge in [0.2, 0.25) is 5.91 Å². The molecule has 0 bridgehead atoms. The largest absolute Gasteiger partial charge is 0.461 e. The maximum atomic E-state index is 14.7. The number of amides is 2. The highest BCUT2D eigenvalue weighted by atomic mass is 19.1. The first-order valence-electron chi connectivity index (χ1n) is 10.3. The summed E-state index contributed by atoms with van der Waals surface area (Å²) in [6.07, 6.45) is 2.18. The first kappa shape index (κ1) is 22.1. The van der Waals surface area contributed by atoms with Gasteiger partial charge in [0.1, 0.15) is 17.1 Å². The van der Waals surface area contributed by atoms with Crippen LogP contribution in [0.15, 0.2) is 18.5 Å². The molecule has 12 heteroatoms. The van der Waals surface area contributed by atoms with E-state index < -0.39 is 23.5 Å². The van der Waals surface area contributed by atoms with Gasteiger partial charge in [-0.1, -0.05) is 0 Å². The van der Waals surface area contributed by atoms with Gasteiger partial charge in [0.15, 0.2) is 5.82 Å². The molecule has 3 aromatic heterocycles. The molecular weight excluding hydrogens is 435 g/mol. The lowest BCUT2D eigenvalue weighted by Crippen LogP contribution is -2.51. The van der Waals surface area contributed by atoms with Crippen molar-refractivity contribution in [3.05, 3.63) is 35.5 Å². The van der Waals surface area contributed by atoms with E-state index >= 15 is 0 Å². The van der Waals surface area contributed by atoms with Gasteiger partial charge in [0, 0.05) is 45.4 Å². The number of halogens is 1. The number of ketones is 1. The number of ether oxygens (including phenoxy) is 1. The Hall–Kier alpha value is -4.09. The number of carbonyl (C=O) groups is 4. The summed E-state index contributed by atoms with van der Waals surface area (Å²) in [5.74, 6) is -3.14. The van der Waals surface area contributed by atoms with E-state index in [1.165, 1.54) is 24.1 Å². The number of hydrogen-bond donors (Lipinski definition) is 2. The van der Waals surface area contributed by atoms with Crippen molar-refractivity contribution in [2.75, 3.05) is 32.8 Å². The third-order valence-corrected chi connectivity index (χ3v) is 5.43. The van der Waals surface area contributed by atoms with Gasteiger partial charge < -0.3 is 19.5 Å². The lowest BCUT2D eigenvalue weighted by Gasteiger charge is -2.33. The van der Waals surface area contributed by atoms with Crippen LogP contribution in [0.1, 0.15) is 34.7 Å². The topological polar surface area (TPSA) is 141 Å². The molecule has 0 radical (unpaired) electrons. The Balaban J connectivity index is 1.63. The molecular formula is C21H21FN6O5. The number of pyridine rings is 1. The molecule has 1 aliphatic rings. The van der Waals surface area contributed by atoms with Gasteiger partial charge in [0.05, 0.1) is 29.3 Å². The second-order valence-corrected chi connectivity index (χ2v) is 7.42. The normalized spacial score (nSPS) is 13.9. The molecule has 4 rings (SSSR count). The number of H-pyrrole nitrogens is 2. The molecule has 1 saturated heterocycles. The Bertz CT molecular complexity index is 1260. The van der Waals surface area contributed by atoms with E-state index in [9.17, 15) is 23.6 Å². The van der Waals surface area contributed by atoms with Crippen LogP contribution < -0.4 is 0 Å². The van der Waals surface area contributed by atoms with Gasteiger partial charge in [-0.3, -0.25) is 19.5 Å². The molecule has 0 spiro atoms. The van der Waals surface area contributed by atoms with Crippen LogP contribution in [0, 0.1) is 5.82 Å². The molecule has 33 heavy (non-hydrogen) atoms. The fourth-order valence-electron chi connectivity index (χ4n) is 3.72. The Kier molecular flexibility index (Phi) is 5.90. The standard InChI is InChI=1S/C21H21FN6O5/c1-3-33-21(32)15-8-14(25-26-15)17-18-16(13(22)10-24-17)12(9-23-18)19(30)20(31)28-6-4-27(5-7-28)11(2)29/h8-10,23H,3-7H2,1-2H3,(H,25,26). The van der Waals surface area contributed by atoms with Crippen LogP contribution >= 0.6 is 0 Å². The van der Waals surface area contributed by atoms with Crippen LogP contribution in [-0.4, -0.2) is 86.3 Å². The molecule has 2 N–H and O–H groups in total. The Morgan fingerprint density at radius 1 is 1.15 bits per heavy atom. The number of fused-ring (bicyclic) bond motifs is 1. The molecule has 11 nitrogen and oxygen atoms in total. The van der Waals surface area contributed by atoms with E-state index in [1.807, 2.05) is 0 Å². The van der Waals surface area contributed by atoms with Crippen LogP contribution in [0.2, 0.25) is 0 Å². The van der Waals surface area contributed by atoms with Crippen molar-refractivity contribution in [3.8, 4) is 11.4 Å². The minimum Gasteiger partial charge on any atom is -0.461 e. The summed E-state index contributed by atoms with van der Waals surface area (Å²) >= 11 is 0. The summed E-state index contributed by atoms with van der Waals surface area (Å²) in [5, 5.41) is 6.48. The van der Waals surface area contributed by atoms with Crippen LogP contribution in [0.25, 0.3) is 22.3 Å². The number of carbonyl (C=O) groups excluding carboxylic acids is 4. The number of nitrogens with zero attached hydrogens (tertiary/aromatic N) is 4. The van der Waals surface area contributed by atoms with Crippen molar-refractivity contribution in [3.63, 3.8) is 0 Å². The summed E-state index contributed by atoms with van der Waals surface area (Å²) < 4.78 is 19.6. The Labute approximate surface area is 186 Å². The highest BCUT2D eigenvalue weighted by molar-refractivity contribution is 6.45. The van der Waals surface area contributed by atoms with E-state index in [2.05, 4.69) is 20.2 Å². The molecule has 0 atom stereocenters. The van der Waals surface area contributed by atoms with Gasteiger partial charge in [-0.15, -0.1) is 0 Å². The molecule has 1 aliphatic heterocycles. The summed E-state index contributed by atoms with van der Waals surface area (Å²) in [7, 11) is 0. The average molecular weight is 456 g/mol. The first-order chi connectivity index (χ1) is 15.8. The maximum absolute atomic E-state index is 14.7. The van der Waals surface area contributed by atoms with Crippen LogP contribution in [0.5, 0.6) is 0 Å². The number of nitrogens with one attached hydrogen (secondary N) is 2. The van der Waals surface area contributed by atoms with Gasteiger partial charge in [-0.05, 0) is 6.92 Å². The maximum Gasteiger partial charge on any atom is 0.356 e. The summed E-state index contributed by atoms with van der Waals surface area (Å²) in [6, 6.07) is 1.40. The highest BCUT2D eigenvalue weighted by Gasteiger charge is 2.30. The Morgan fingerprint density at radius 3 is 2.52 bits per heavy atom. The van der Waals surface area contributed by atoms with Crippen LogP contribution in [0.4, 0.5) is 4.39 Å². The number of aromatic nitrogens is 4. The fraction of sp³-hybridized carbons (Fsp3) is 0.333. The Morgan fingerprint density at radius 2 is 1.85 bits per heavy atom. The van der Waals surface area contributed by atoms with E-state index in [-0.39, 0.29) is 59.2 Å². The summed E-state index contributed by atoms with van der Waals surface area (Å²) in [4.78, 5) is 58.9. The molecule has 4 heterocycles. The zero-order valence-electron chi connectivity index (χ0n) is 18.0. The zero-order valence-corrected chi connectivity index (χ0v) is 18.0. The molecule has 1 fully saturated rings. The SMILES string of the molecule is CCOC(=O)c1cc(-c2ncc(F)c3c(C(=O)C(=O)N4CCN(C(C)=O)CC4)c[nH]c23)n[nH]1. The van der Waals surface area contributed by atoms with Crippen molar-refractivity contribution < 1.29 is 28.3 Å². The molecule has 0 aromatic carbocycles. The summed E-state index contributed by atoms with van der Waals surface area (Å²) in [5.41, 5.74) is 0.546. The minimum absolute atomic E-state index is 0.0915. The van der Waals surface area contributed by atoms with E-state index in [0.29, 0.717) is 13.1 Å². The van der Waals surface area contributed by atoms with Crippen molar-refractivity contribution in [1.29, 1.82) is 0 Å². The summed E-state index contributed by atoms with van der Waals surface area (Å²) in [6.45, 7) is 4.38. The molecule has 2 amide bonds. The zero-order chi connectivity index (χ0) is 23.7. The lowest BCUT2D eigenvalue weighted by atomic mass is 10.1. The van der Waals surface area contributed by atoms with Gasteiger partial charge in [0.25, 0.3) is 11.7 Å². The molecule has 172 valence electrons. The predicted molar refractivity (Wildman–Crippen MR) is 113 cm³/mol. The van der Waals surface area contributed by atoms with E-state index in [4.69, 9.17) is 4.74 Å². The van der Waals surface area contributed by atoms with Gasteiger partial charge in [-0.2, -0.15) is 5.10 Å². The number of aromatic amines is 2. The van der Waals surface area contributed by atoms with Crippen molar-refractivity contribution in [2.45, 2.75) is 13.8 Å². The molecule has 0 saturated carbocycles. The minimum atomic E-state index is -0.872. The number of hydrogen-bond acceptors (Lipinski definition) is 7. The van der Waals surface area contributed by atoms with E-state index in [0.717, 1.165) is 6.20 Å². The molecule has 3 aromatic rings. The monoisotopic (exact) mass is 456 g/mol. The first-order valence-corrected chi connectivity index (χ1v) is 10.3. The van der Waals surface area contributed by atoms with Crippen LogP contribution in [0.3, 0.4) is 0 Å².